The molecule has 1 heterocycles. The van der Waals surface area contributed by atoms with Crippen molar-refractivity contribution in [3.63, 3.8) is 0 Å². The summed E-state index contributed by atoms with van der Waals surface area (Å²) < 4.78 is 5.62. The van der Waals surface area contributed by atoms with Crippen LogP contribution in [0.15, 0.2) is 78.2 Å². The Bertz CT molecular complexity index is 1190. The van der Waals surface area contributed by atoms with Crippen LogP contribution in [-0.2, 0) is 4.79 Å². The largest absolute Gasteiger partial charge is 0.494 e. The third-order valence-electron chi connectivity index (χ3n) is 4.97. The van der Waals surface area contributed by atoms with Crippen LogP contribution in [0.2, 0.25) is 5.02 Å². The quantitative estimate of drug-likeness (QED) is 0.281. The summed E-state index contributed by atoms with van der Waals surface area (Å²) >= 11 is 7.49. The molecule has 162 valence electrons. The van der Waals surface area contributed by atoms with Crippen LogP contribution in [0.5, 0.6) is 5.75 Å². The number of ether oxygens (including phenoxy) is 1. The van der Waals surface area contributed by atoms with Gasteiger partial charge in [-0.1, -0.05) is 48.0 Å². The number of carbonyl (C=O) groups is 1. The molecular weight excluding hydrogens is 440 g/mol. The first-order valence-corrected chi connectivity index (χ1v) is 11.6. The third-order valence-corrected chi connectivity index (χ3v) is 6.10. The predicted octanol–water partition coefficient (Wildman–Crippen LogP) is 7.24. The molecule has 0 spiro atoms. The van der Waals surface area contributed by atoms with Gasteiger partial charge in [-0.3, -0.25) is 4.79 Å². The Morgan fingerprint density at radius 3 is 2.53 bits per heavy atom. The normalized spacial score (nSPS) is 10.7. The van der Waals surface area contributed by atoms with E-state index in [9.17, 15) is 4.79 Å². The maximum Gasteiger partial charge on any atom is 0.224 e. The second kappa shape index (κ2) is 10.4. The number of hydrogen-bond donors (Lipinski definition) is 1. The van der Waals surface area contributed by atoms with Crippen LogP contribution in [0.4, 0.5) is 5.69 Å². The van der Waals surface area contributed by atoms with Gasteiger partial charge in [-0.05, 0) is 55.3 Å². The summed E-state index contributed by atoms with van der Waals surface area (Å²) in [6.07, 6.45) is 1.02. The summed E-state index contributed by atoms with van der Waals surface area (Å²) in [5.41, 5.74) is 5.10. The lowest BCUT2D eigenvalue weighted by molar-refractivity contribution is -0.116. The van der Waals surface area contributed by atoms with Crippen molar-refractivity contribution in [1.82, 2.24) is 4.98 Å². The van der Waals surface area contributed by atoms with Crippen molar-refractivity contribution < 1.29 is 9.53 Å². The number of halogens is 1. The van der Waals surface area contributed by atoms with Crippen molar-refractivity contribution in [2.24, 2.45) is 0 Å². The number of nitrogens with one attached hydrogen (secondary N) is 1. The van der Waals surface area contributed by atoms with E-state index in [0.29, 0.717) is 24.5 Å². The third kappa shape index (κ3) is 5.75. The molecule has 4 aromatic rings. The molecule has 6 heteroatoms. The number of carbonyl (C=O) groups excluding carboxylic acids is 1. The maximum absolute atomic E-state index is 12.2. The predicted molar refractivity (Wildman–Crippen MR) is 133 cm³/mol. The smallest absolute Gasteiger partial charge is 0.224 e. The summed E-state index contributed by atoms with van der Waals surface area (Å²) in [7, 11) is 0. The molecule has 0 aliphatic rings. The molecule has 4 rings (SSSR count). The number of benzene rings is 3. The fourth-order valence-electron chi connectivity index (χ4n) is 3.24. The van der Waals surface area contributed by atoms with Crippen molar-refractivity contribution in [2.45, 2.75) is 19.8 Å². The van der Waals surface area contributed by atoms with Crippen LogP contribution >= 0.6 is 22.9 Å². The van der Waals surface area contributed by atoms with Crippen molar-refractivity contribution in [2.75, 3.05) is 11.9 Å². The van der Waals surface area contributed by atoms with Crippen molar-refractivity contribution in [1.29, 1.82) is 0 Å². The fourth-order valence-corrected chi connectivity index (χ4v) is 4.29. The number of rotatable bonds is 8. The summed E-state index contributed by atoms with van der Waals surface area (Å²) in [6.45, 7) is 2.57. The lowest BCUT2D eigenvalue weighted by atomic mass is 10.1. The van der Waals surface area contributed by atoms with Gasteiger partial charge in [0.15, 0.2) is 0 Å². The number of nitrogens with zero attached hydrogens (tertiary/aromatic N) is 1. The molecule has 1 N–H and O–H groups in total. The molecule has 0 radical (unpaired) electrons. The minimum absolute atomic E-state index is 0.0343. The van der Waals surface area contributed by atoms with Crippen LogP contribution in [0.25, 0.3) is 21.8 Å². The van der Waals surface area contributed by atoms with E-state index >= 15 is 0 Å². The minimum atomic E-state index is -0.0343. The molecule has 3 aromatic carbocycles. The van der Waals surface area contributed by atoms with E-state index in [2.05, 4.69) is 29.8 Å². The zero-order valence-electron chi connectivity index (χ0n) is 17.7. The fraction of sp³-hybridized carbons (Fsp3) is 0.154. The van der Waals surface area contributed by atoms with Crippen LogP contribution in [0.3, 0.4) is 0 Å². The Morgan fingerprint density at radius 1 is 1.03 bits per heavy atom. The SMILES string of the molecule is Cc1ccccc1-c1nc(-c2ccc(NC(=O)CCCOc3ccc(Cl)cc3)cc2)cs1. The molecule has 32 heavy (non-hydrogen) atoms. The lowest BCUT2D eigenvalue weighted by Crippen LogP contribution is -2.12. The summed E-state index contributed by atoms with van der Waals surface area (Å²) in [5, 5.41) is 6.68. The Hall–Kier alpha value is -3.15. The number of amides is 1. The Kier molecular flexibility index (Phi) is 7.20. The average Bonchev–Trinajstić information content (AvgIpc) is 3.29. The first-order valence-electron chi connectivity index (χ1n) is 10.4. The van der Waals surface area contributed by atoms with Gasteiger partial charge < -0.3 is 10.1 Å². The van der Waals surface area contributed by atoms with E-state index in [4.69, 9.17) is 21.3 Å². The molecule has 0 aliphatic carbocycles. The van der Waals surface area contributed by atoms with Gasteiger partial charge in [-0.25, -0.2) is 4.98 Å². The van der Waals surface area contributed by atoms with Gasteiger partial charge >= 0.3 is 0 Å². The van der Waals surface area contributed by atoms with E-state index in [-0.39, 0.29) is 5.91 Å². The van der Waals surface area contributed by atoms with Crippen molar-refractivity contribution >= 4 is 34.5 Å². The highest BCUT2D eigenvalue weighted by molar-refractivity contribution is 7.13. The topological polar surface area (TPSA) is 51.2 Å². The van der Waals surface area contributed by atoms with Crippen LogP contribution in [0.1, 0.15) is 18.4 Å². The van der Waals surface area contributed by atoms with E-state index in [1.54, 1.807) is 23.5 Å². The summed E-state index contributed by atoms with van der Waals surface area (Å²) in [6, 6.07) is 23.2. The number of aromatic nitrogens is 1. The molecule has 0 unspecified atom stereocenters. The van der Waals surface area contributed by atoms with Gasteiger partial charge in [0, 0.05) is 33.6 Å². The molecule has 1 aromatic heterocycles. The van der Waals surface area contributed by atoms with Crippen LogP contribution in [-0.4, -0.2) is 17.5 Å². The second-order valence-corrected chi connectivity index (χ2v) is 8.68. The summed E-state index contributed by atoms with van der Waals surface area (Å²) in [4.78, 5) is 17.0. The first-order chi connectivity index (χ1) is 15.6. The molecule has 0 saturated carbocycles. The van der Waals surface area contributed by atoms with Crippen molar-refractivity contribution in [3.05, 3.63) is 88.8 Å². The van der Waals surface area contributed by atoms with Crippen LogP contribution < -0.4 is 10.1 Å². The van der Waals surface area contributed by atoms with E-state index in [1.165, 1.54) is 5.56 Å². The number of thiazole rings is 1. The molecule has 0 atom stereocenters. The van der Waals surface area contributed by atoms with E-state index in [0.717, 1.165) is 33.3 Å². The Balaban J connectivity index is 1.28. The van der Waals surface area contributed by atoms with Gasteiger partial charge in [0.1, 0.15) is 10.8 Å². The summed E-state index contributed by atoms with van der Waals surface area (Å²) in [5.74, 6) is 0.714. The molecule has 0 bridgehead atoms. The number of aryl methyl sites for hydroxylation is 1. The highest BCUT2D eigenvalue weighted by Gasteiger charge is 2.09. The molecule has 4 nitrogen and oxygen atoms in total. The van der Waals surface area contributed by atoms with Crippen LogP contribution in [0, 0.1) is 6.92 Å². The minimum Gasteiger partial charge on any atom is -0.494 e. The maximum atomic E-state index is 12.2. The van der Waals surface area contributed by atoms with Crippen molar-refractivity contribution in [3.8, 4) is 27.6 Å². The highest BCUT2D eigenvalue weighted by Crippen LogP contribution is 2.31. The number of hydrogen-bond acceptors (Lipinski definition) is 4. The van der Waals surface area contributed by atoms with Gasteiger partial charge in [-0.2, -0.15) is 0 Å². The molecule has 0 saturated heterocycles. The van der Waals surface area contributed by atoms with E-state index < -0.39 is 0 Å². The average molecular weight is 463 g/mol. The molecule has 1 amide bonds. The second-order valence-electron chi connectivity index (χ2n) is 7.38. The zero-order chi connectivity index (χ0) is 22.3. The lowest BCUT2D eigenvalue weighted by Gasteiger charge is -2.08. The standard InChI is InChI=1S/C26H23ClN2O2S/c1-18-5-2-3-6-23(18)26-29-24(17-32-26)19-8-12-21(13-9-19)28-25(30)7-4-16-31-22-14-10-20(27)11-15-22/h2-3,5-6,8-15,17H,4,7,16H2,1H3,(H,28,30). The van der Waals surface area contributed by atoms with Gasteiger partial charge in [0.25, 0.3) is 0 Å². The van der Waals surface area contributed by atoms with Gasteiger partial charge in [0.05, 0.1) is 12.3 Å². The molecular formula is C26H23ClN2O2S. The Labute approximate surface area is 196 Å². The molecule has 0 fully saturated rings. The van der Waals surface area contributed by atoms with Gasteiger partial charge in [-0.15, -0.1) is 11.3 Å². The Morgan fingerprint density at radius 2 is 1.78 bits per heavy atom. The first kappa shape index (κ1) is 22.1. The zero-order valence-corrected chi connectivity index (χ0v) is 19.2. The van der Waals surface area contributed by atoms with E-state index in [1.807, 2.05) is 48.5 Å². The highest BCUT2D eigenvalue weighted by atomic mass is 35.5. The molecule has 0 aliphatic heterocycles. The monoisotopic (exact) mass is 462 g/mol. The number of anilines is 1. The van der Waals surface area contributed by atoms with Gasteiger partial charge in [0.2, 0.25) is 5.91 Å².